The molecule has 23 heavy (non-hydrogen) atoms. The molecule has 0 bridgehead atoms. The second kappa shape index (κ2) is 5.77. The molecule has 6 heteroatoms. The second-order valence-electron chi connectivity index (χ2n) is 6.32. The van der Waals surface area contributed by atoms with Gasteiger partial charge in [0.05, 0.1) is 5.52 Å². The Balaban J connectivity index is 1.81. The molecular formula is C17H21N5O. The highest BCUT2D eigenvalue weighted by molar-refractivity contribution is 5.92. The zero-order valence-corrected chi connectivity index (χ0v) is 13.2. The van der Waals surface area contributed by atoms with E-state index in [2.05, 4.69) is 15.4 Å². The van der Waals surface area contributed by atoms with Crippen LogP contribution in [-0.4, -0.2) is 37.3 Å². The molecule has 2 aromatic heterocycles. The summed E-state index contributed by atoms with van der Waals surface area (Å²) in [5.74, 6) is 1.72. The van der Waals surface area contributed by atoms with Gasteiger partial charge in [0, 0.05) is 24.0 Å². The minimum Gasteiger partial charge on any atom is -0.396 e. The third-order valence-corrected chi connectivity index (χ3v) is 4.74. The number of hydrogen-bond acceptors (Lipinski definition) is 5. The molecule has 1 aromatic carbocycles. The van der Waals surface area contributed by atoms with Crippen molar-refractivity contribution in [1.82, 2.24) is 19.6 Å². The van der Waals surface area contributed by atoms with E-state index < -0.39 is 0 Å². The lowest BCUT2D eigenvalue weighted by Crippen LogP contribution is -2.35. The summed E-state index contributed by atoms with van der Waals surface area (Å²) in [6.07, 6.45) is 4.48. The number of aryl methyl sites for hydroxylation is 1. The lowest BCUT2D eigenvalue weighted by molar-refractivity contribution is 0.177. The van der Waals surface area contributed by atoms with Crippen molar-refractivity contribution in [3.05, 3.63) is 30.1 Å². The Labute approximate surface area is 134 Å². The van der Waals surface area contributed by atoms with Crippen molar-refractivity contribution < 1.29 is 5.11 Å². The van der Waals surface area contributed by atoms with Crippen LogP contribution in [0.5, 0.6) is 0 Å². The molecule has 1 aliphatic carbocycles. The van der Waals surface area contributed by atoms with Crippen LogP contribution in [-0.2, 0) is 0 Å². The van der Waals surface area contributed by atoms with Crippen molar-refractivity contribution in [2.75, 3.05) is 11.9 Å². The molecule has 1 fully saturated rings. The van der Waals surface area contributed by atoms with E-state index in [9.17, 15) is 5.11 Å². The molecule has 6 nitrogen and oxygen atoms in total. The van der Waals surface area contributed by atoms with Crippen LogP contribution in [0.25, 0.3) is 16.6 Å². The normalized spacial score (nSPS) is 21.8. The predicted molar refractivity (Wildman–Crippen MR) is 89.5 cm³/mol. The zero-order chi connectivity index (χ0) is 15.8. The fraction of sp³-hybridized carbons (Fsp3) is 0.471. The van der Waals surface area contributed by atoms with Crippen LogP contribution in [0.4, 0.5) is 5.95 Å². The minimum atomic E-state index is 0.213. The van der Waals surface area contributed by atoms with Gasteiger partial charge in [0.1, 0.15) is 5.82 Å². The average Bonchev–Trinajstić information content (AvgIpc) is 2.97. The molecule has 2 N–H and O–H groups in total. The Hall–Kier alpha value is -2.21. The van der Waals surface area contributed by atoms with Gasteiger partial charge in [0.15, 0.2) is 5.65 Å². The second-order valence-corrected chi connectivity index (χ2v) is 6.32. The van der Waals surface area contributed by atoms with Gasteiger partial charge in [-0.05, 0) is 31.9 Å². The molecule has 4 rings (SSSR count). The monoisotopic (exact) mass is 311 g/mol. The summed E-state index contributed by atoms with van der Waals surface area (Å²) in [5, 5.41) is 18.7. The number of nitrogens with zero attached hydrogens (tertiary/aromatic N) is 4. The van der Waals surface area contributed by atoms with Crippen LogP contribution >= 0.6 is 0 Å². The topological polar surface area (TPSA) is 75.3 Å². The molecule has 0 radical (unpaired) electrons. The van der Waals surface area contributed by atoms with Crippen LogP contribution in [0.1, 0.15) is 31.5 Å². The first-order valence-corrected chi connectivity index (χ1v) is 8.26. The number of hydrogen-bond donors (Lipinski definition) is 2. The highest BCUT2D eigenvalue weighted by Crippen LogP contribution is 2.28. The Bertz CT molecular complexity index is 843. The molecule has 0 saturated heterocycles. The van der Waals surface area contributed by atoms with E-state index in [1.54, 1.807) is 4.52 Å². The van der Waals surface area contributed by atoms with Gasteiger partial charge in [-0.25, -0.2) is 9.97 Å². The summed E-state index contributed by atoms with van der Waals surface area (Å²) in [7, 11) is 0. The van der Waals surface area contributed by atoms with E-state index in [1.807, 2.05) is 31.2 Å². The van der Waals surface area contributed by atoms with Crippen molar-refractivity contribution in [3.63, 3.8) is 0 Å². The highest BCUT2D eigenvalue weighted by Gasteiger charge is 2.26. The number of aliphatic hydroxyl groups is 1. The van der Waals surface area contributed by atoms with E-state index in [-0.39, 0.29) is 18.6 Å². The molecular weight excluding hydrogens is 290 g/mol. The quantitative estimate of drug-likeness (QED) is 0.777. The van der Waals surface area contributed by atoms with Crippen molar-refractivity contribution in [2.45, 2.75) is 38.6 Å². The Kier molecular flexibility index (Phi) is 3.61. The van der Waals surface area contributed by atoms with Crippen LogP contribution in [0.15, 0.2) is 24.3 Å². The maximum absolute atomic E-state index is 9.63. The lowest BCUT2D eigenvalue weighted by Gasteiger charge is -2.31. The van der Waals surface area contributed by atoms with Crippen molar-refractivity contribution in [1.29, 1.82) is 0 Å². The number of benzene rings is 1. The van der Waals surface area contributed by atoms with Crippen LogP contribution in [0.3, 0.4) is 0 Å². The Morgan fingerprint density at radius 2 is 2.04 bits per heavy atom. The summed E-state index contributed by atoms with van der Waals surface area (Å²) >= 11 is 0. The number of aromatic nitrogens is 4. The van der Waals surface area contributed by atoms with E-state index >= 15 is 0 Å². The molecule has 2 unspecified atom stereocenters. The number of fused-ring (bicyclic) bond motifs is 3. The first-order valence-electron chi connectivity index (χ1n) is 8.26. The maximum Gasteiger partial charge on any atom is 0.226 e. The van der Waals surface area contributed by atoms with E-state index in [0.29, 0.717) is 5.95 Å². The van der Waals surface area contributed by atoms with Gasteiger partial charge in [-0.15, -0.1) is 5.10 Å². The van der Waals surface area contributed by atoms with Gasteiger partial charge in [-0.3, -0.25) is 0 Å². The van der Waals surface area contributed by atoms with Crippen LogP contribution in [0.2, 0.25) is 0 Å². The molecule has 2 atom stereocenters. The Morgan fingerprint density at radius 3 is 2.91 bits per heavy atom. The maximum atomic E-state index is 9.63. The van der Waals surface area contributed by atoms with E-state index in [0.717, 1.165) is 35.2 Å². The number of anilines is 1. The largest absolute Gasteiger partial charge is 0.396 e. The third kappa shape index (κ3) is 2.53. The number of rotatable bonds is 3. The van der Waals surface area contributed by atoms with Gasteiger partial charge in [0.2, 0.25) is 5.95 Å². The average molecular weight is 311 g/mol. The van der Waals surface area contributed by atoms with Crippen LogP contribution in [0, 0.1) is 12.8 Å². The summed E-state index contributed by atoms with van der Waals surface area (Å²) < 4.78 is 1.79. The standard InChI is InChI=1S/C17H21N5O/c1-11-18-16-13-7-3-5-9-15(13)20-17(22(16)21-11)19-14-8-4-2-6-12(14)10-23/h3,5,7,9,12,14,23H,2,4,6,8,10H2,1H3,(H,19,20). The molecule has 0 spiro atoms. The fourth-order valence-corrected chi connectivity index (χ4v) is 3.53. The first kappa shape index (κ1) is 14.4. The van der Waals surface area contributed by atoms with Gasteiger partial charge >= 0.3 is 0 Å². The summed E-state index contributed by atoms with van der Waals surface area (Å²) in [4.78, 5) is 9.30. The van der Waals surface area contributed by atoms with Gasteiger partial charge in [0.25, 0.3) is 0 Å². The predicted octanol–water partition coefficient (Wildman–Crippen LogP) is 2.55. The number of aliphatic hydroxyl groups excluding tert-OH is 1. The zero-order valence-electron chi connectivity index (χ0n) is 13.2. The molecule has 2 heterocycles. The number of para-hydroxylation sites is 1. The fourth-order valence-electron chi connectivity index (χ4n) is 3.53. The molecule has 1 saturated carbocycles. The summed E-state index contributed by atoms with van der Waals surface area (Å²) in [6, 6.07) is 8.22. The van der Waals surface area contributed by atoms with Gasteiger partial charge in [-0.2, -0.15) is 4.52 Å². The summed E-state index contributed by atoms with van der Waals surface area (Å²) in [6.45, 7) is 2.10. The van der Waals surface area contributed by atoms with Crippen molar-refractivity contribution in [2.24, 2.45) is 5.92 Å². The number of nitrogens with one attached hydrogen (secondary N) is 1. The van der Waals surface area contributed by atoms with Gasteiger partial charge in [-0.1, -0.05) is 25.0 Å². The van der Waals surface area contributed by atoms with Crippen molar-refractivity contribution in [3.8, 4) is 0 Å². The minimum absolute atomic E-state index is 0.213. The van der Waals surface area contributed by atoms with Crippen molar-refractivity contribution >= 4 is 22.5 Å². The first-order chi connectivity index (χ1) is 11.3. The Morgan fingerprint density at radius 1 is 1.22 bits per heavy atom. The van der Waals surface area contributed by atoms with Crippen LogP contribution < -0.4 is 5.32 Å². The van der Waals surface area contributed by atoms with E-state index in [4.69, 9.17) is 4.98 Å². The molecule has 1 aliphatic rings. The van der Waals surface area contributed by atoms with Gasteiger partial charge < -0.3 is 10.4 Å². The molecule has 3 aromatic rings. The molecule has 0 aliphatic heterocycles. The molecule has 0 amide bonds. The lowest BCUT2D eigenvalue weighted by atomic mass is 9.85. The molecule has 120 valence electrons. The summed E-state index contributed by atoms with van der Waals surface area (Å²) in [5.41, 5.74) is 1.73. The highest BCUT2D eigenvalue weighted by atomic mass is 16.3. The third-order valence-electron chi connectivity index (χ3n) is 4.74. The smallest absolute Gasteiger partial charge is 0.226 e. The van der Waals surface area contributed by atoms with E-state index in [1.165, 1.54) is 12.8 Å². The SMILES string of the molecule is Cc1nc2c3ccccc3nc(NC3CCCCC3CO)n2n1.